The average molecular weight is 214 g/mol. The molecule has 0 bridgehead atoms. The van der Waals surface area contributed by atoms with E-state index in [1.807, 2.05) is 0 Å². The molecule has 5 nitrogen and oxygen atoms in total. The molecule has 14 heavy (non-hydrogen) atoms. The summed E-state index contributed by atoms with van der Waals surface area (Å²) >= 11 is 0. The molecule has 0 spiro atoms. The fourth-order valence-electron chi connectivity index (χ4n) is 0.888. The van der Waals surface area contributed by atoms with Gasteiger partial charge in [-0.15, -0.1) is 0 Å². The summed E-state index contributed by atoms with van der Waals surface area (Å²) in [5.74, 6) is -1.30. The molecular weight excluding hydrogens is 206 g/mol. The number of carbonyl (C=O) groups excluding carboxylic acids is 1. The smallest absolute Gasteiger partial charge is 0.284 e. The van der Waals surface area contributed by atoms with E-state index < -0.39 is 16.0 Å². The van der Waals surface area contributed by atoms with Gasteiger partial charge in [-0.3, -0.25) is 4.72 Å². The van der Waals surface area contributed by atoms with Crippen molar-refractivity contribution in [3.05, 3.63) is 29.8 Å². The quantitative estimate of drug-likeness (QED) is 0.800. The lowest BCUT2D eigenvalue weighted by Crippen LogP contribution is -2.09. The first-order chi connectivity index (χ1) is 6.38. The van der Waals surface area contributed by atoms with Crippen molar-refractivity contribution in [2.75, 3.05) is 11.0 Å². The summed E-state index contributed by atoms with van der Waals surface area (Å²) in [6.07, 6.45) is 1.01. The zero-order chi connectivity index (χ0) is 10.8. The molecule has 0 aliphatic rings. The Morgan fingerprint density at radius 2 is 1.71 bits per heavy atom. The molecule has 0 heterocycles. The summed E-state index contributed by atoms with van der Waals surface area (Å²) in [7, 11) is -3.32. The molecule has 1 rings (SSSR count). The second-order valence-corrected chi connectivity index (χ2v) is 4.49. The van der Waals surface area contributed by atoms with Gasteiger partial charge in [0.15, 0.2) is 0 Å². The highest BCUT2D eigenvalue weighted by Gasteiger charge is 2.05. The largest absolute Gasteiger partial charge is 0.386 e. The Kier molecular flexibility index (Phi) is 2.76. The Labute approximate surface area is 81.4 Å². The van der Waals surface area contributed by atoms with Crippen molar-refractivity contribution in [1.82, 2.24) is 0 Å². The number of nitrogens with one attached hydrogen (secondary N) is 1. The van der Waals surface area contributed by atoms with E-state index in [1.165, 1.54) is 24.3 Å². The maximum Gasteiger partial charge on any atom is 0.386 e. The van der Waals surface area contributed by atoms with Crippen molar-refractivity contribution < 1.29 is 18.3 Å². The SMILES string of the molecule is CS(=O)(=O)Nc1ccc(C([O])=O)cc1. The van der Waals surface area contributed by atoms with Gasteiger partial charge in [-0.1, -0.05) is 0 Å². The summed E-state index contributed by atoms with van der Waals surface area (Å²) < 4.78 is 23.8. The van der Waals surface area contributed by atoms with Crippen LogP contribution in [-0.2, 0) is 15.1 Å². The number of sulfonamides is 1. The van der Waals surface area contributed by atoms with Crippen molar-refractivity contribution in [3.8, 4) is 0 Å². The standard InChI is InChI=1S/C8H8NO4S/c1-14(12,13)9-7-4-2-6(3-5-7)8(10)11/h2-5,9H,1H3. The van der Waals surface area contributed by atoms with Gasteiger partial charge in [0.2, 0.25) is 10.0 Å². The normalized spacial score (nSPS) is 10.9. The Balaban J connectivity index is 2.90. The Morgan fingerprint density at radius 3 is 2.07 bits per heavy atom. The topological polar surface area (TPSA) is 83.1 Å². The highest BCUT2D eigenvalue weighted by Crippen LogP contribution is 2.10. The third-order valence-corrected chi connectivity index (χ3v) is 2.03. The van der Waals surface area contributed by atoms with Crippen LogP contribution in [0.2, 0.25) is 0 Å². The van der Waals surface area contributed by atoms with Crippen LogP contribution in [-0.4, -0.2) is 20.6 Å². The minimum atomic E-state index is -3.32. The van der Waals surface area contributed by atoms with E-state index in [0.717, 1.165) is 6.26 Å². The number of hydrogen-bond donors (Lipinski definition) is 1. The lowest BCUT2D eigenvalue weighted by Gasteiger charge is -2.02. The van der Waals surface area contributed by atoms with Crippen molar-refractivity contribution in [1.29, 1.82) is 0 Å². The van der Waals surface area contributed by atoms with Crippen LogP contribution in [0, 0.1) is 0 Å². The minimum Gasteiger partial charge on any atom is -0.284 e. The van der Waals surface area contributed by atoms with Crippen molar-refractivity contribution in [2.45, 2.75) is 0 Å². The monoisotopic (exact) mass is 214 g/mol. The summed E-state index contributed by atoms with van der Waals surface area (Å²) in [6, 6.07) is 5.24. The fourth-order valence-corrected chi connectivity index (χ4v) is 1.45. The van der Waals surface area contributed by atoms with Crippen molar-refractivity contribution >= 4 is 21.7 Å². The first kappa shape index (κ1) is 10.5. The predicted octanol–water partition coefficient (Wildman–Crippen LogP) is 0.629. The molecule has 6 heteroatoms. The lowest BCUT2D eigenvalue weighted by molar-refractivity contribution is 0.0573. The molecule has 0 aliphatic carbocycles. The van der Waals surface area contributed by atoms with Gasteiger partial charge in [-0.25, -0.2) is 18.3 Å². The second kappa shape index (κ2) is 3.67. The van der Waals surface area contributed by atoms with Crippen LogP contribution < -0.4 is 4.72 Å². The van der Waals surface area contributed by atoms with Gasteiger partial charge < -0.3 is 0 Å². The average Bonchev–Trinajstić information content (AvgIpc) is 2.02. The molecule has 0 atom stereocenters. The van der Waals surface area contributed by atoms with Crippen LogP contribution in [0.4, 0.5) is 5.69 Å². The van der Waals surface area contributed by atoms with Gasteiger partial charge in [0.1, 0.15) is 0 Å². The number of carbonyl (C=O) groups is 1. The van der Waals surface area contributed by atoms with Gasteiger partial charge >= 0.3 is 5.97 Å². The first-order valence-corrected chi connectivity index (χ1v) is 5.57. The Hall–Kier alpha value is -1.56. The fraction of sp³-hybridized carbons (Fsp3) is 0.125. The van der Waals surface area contributed by atoms with Gasteiger partial charge in [-0.05, 0) is 24.3 Å². The number of benzene rings is 1. The lowest BCUT2D eigenvalue weighted by atomic mass is 10.2. The summed E-state index contributed by atoms with van der Waals surface area (Å²) in [4.78, 5) is 10.3. The second-order valence-electron chi connectivity index (χ2n) is 2.74. The van der Waals surface area contributed by atoms with E-state index in [-0.39, 0.29) is 5.56 Å². The molecular formula is C8H8NO4S. The summed E-state index contributed by atoms with van der Waals surface area (Å²) in [6.45, 7) is 0. The molecule has 1 aromatic rings. The summed E-state index contributed by atoms with van der Waals surface area (Å²) in [5.41, 5.74) is 0.321. The van der Waals surface area contributed by atoms with E-state index >= 15 is 0 Å². The molecule has 1 N–H and O–H groups in total. The van der Waals surface area contributed by atoms with Crippen LogP contribution in [0.25, 0.3) is 0 Å². The van der Waals surface area contributed by atoms with Gasteiger partial charge in [0.05, 0.1) is 11.8 Å². The van der Waals surface area contributed by atoms with Crippen LogP contribution >= 0.6 is 0 Å². The van der Waals surface area contributed by atoms with E-state index in [4.69, 9.17) is 0 Å². The van der Waals surface area contributed by atoms with E-state index in [9.17, 15) is 18.3 Å². The van der Waals surface area contributed by atoms with E-state index in [1.54, 1.807) is 0 Å². The predicted molar refractivity (Wildman–Crippen MR) is 49.9 cm³/mol. The molecule has 75 valence electrons. The first-order valence-electron chi connectivity index (χ1n) is 3.68. The minimum absolute atomic E-state index is 0.00375. The molecule has 0 aliphatic heterocycles. The Bertz CT molecular complexity index is 435. The van der Waals surface area contributed by atoms with Gasteiger partial charge in [-0.2, -0.15) is 0 Å². The maximum atomic E-state index is 10.8. The molecule has 1 radical (unpaired) electrons. The molecule has 0 unspecified atom stereocenters. The van der Waals surface area contributed by atoms with Gasteiger partial charge in [0.25, 0.3) is 0 Å². The number of rotatable bonds is 3. The highest BCUT2D eigenvalue weighted by atomic mass is 32.2. The number of hydrogen-bond acceptors (Lipinski definition) is 3. The molecule has 0 saturated carbocycles. The van der Waals surface area contributed by atoms with E-state index in [2.05, 4.69) is 4.72 Å². The Morgan fingerprint density at radius 1 is 1.21 bits per heavy atom. The maximum absolute atomic E-state index is 10.8. The molecule has 0 amide bonds. The molecule has 0 aromatic heterocycles. The zero-order valence-electron chi connectivity index (χ0n) is 7.35. The number of anilines is 1. The van der Waals surface area contributed by atoms with Crippen molar-refractivity contribution in [2.24, 2.45) is 0 Å². The molecule has 0 fully saturated rings. The van der Waals surface area contributed by atoms with Gasteiger partial charge in [0, 0.05) is 5.69 Å². The van der Waals surface area contributed by atoms with Crippen LogP contribution in [0.5, 0.6) is 0 Å². The molecule has 1 aromatic carbocycles. The van der Waals surface area contributed by atoms with Crippen LogP contribution in [0.1, 0.15) is 10.4 Å². The van der Waals surface area contributed by atoms with Crippen molar-refractivity contribution in [3.63, 3.8) is 0 Å². The zero-order valence-corrected chi connectivity index (χ0v) is 8.17. The third-order valence-electron chi connectivity index (χ3n) is 1.42. The highest BCUT2D eigenvalue weighted by molar-refractivity contribution is 7.92. The summed E-state index contributed by atoms with van der Waals surface area (Å²) in [5, 5.41) is 10.3. The van der Waals surface area contributed by atoms with Crippen LogP contribution in [0.15, 0.2) is 24.3 Å². The van der Waals surface area contributed by atoms with E-state index in [0.29, 0.717) is 5.69 Å². The molecule has 0 saturated heterocycles. The third kappa shape index (κ3) is 3.06. The van der Waals surface area contributed by atoms with Crippen LogP contribution in [0.3, 0.4) is 0 Å².